The predicted molar refractivity (Wildman–Crippen MR) is 175 cm³/mol. The van der Waals surface area contributed by atoms with Gasteiger partial charge in [-0.3, -0.25) is 4.90 Å². The first-order valence-corrected chi connectivity index (χ1v) is 16.3. The van der Waals surface area contributed by atoms with Gasteiger partial charge in [-0.15, -0.1) is 0 Å². The van der Waals surface area contributed by atoms with E-state index < -0.39 is 18.2 Å². The van der Waals surface area contributed by atoms with E-state index in [2.05, 4.69) is 90.0 Å². The first kappa shape index (κ1) is 33.1. The molecule has 3 N–H and O–H groups in total. The lowest BCUT2D eigenvalue weighted by Gasteiger charge is -2.31. The van der Waals surface area contributed by atoms with Gasteiger partial charge in [-0.2, -0.15) is 0 Å². The van der Waals surface area contributed by atoms with Crippen molar-refractivity contribution >= 4 is 6.09 Å². The van der Waals surface area contributed by atoms with E-state index in [-0.39, 0.29) is 23.7 Å². The smallest absolute Gasteiger partial charge is 0.407 e. The van der Waals surface area contributed by atoms with E-state index in [1.807, 2.05) is 30.3 Å². The van der Waals surface area contributed by atoms with Crippen LogP contribution in [0.5, 0.6) is 0 Å². The molecule has 2 aliphatic rings. The lowest BCUT2D eigenvalue weighted by molar-refractivity contribution is -0.0907. The molecule has 0 radical (unpaired) electrons. The number of carbonyl (C=O) groups is 1. The molecular weight excluding hydrogens is 566 g/mol. The molecule has 0 spiro atoms. The van der Waals surface area contributed by atoms with Crippen LogP contribution < -0.4 is 10.6 Å². The number of amides is 1. The van der Waals surface area contributed by atoms with Crippen molar-refractivity contribution in [3.8, 4) is 0 Å². The first-order valence-electron chi connectivity index (χ1n) is 16.3. The SMILES string of the molecule is CC(C)(CCN(Cc1ccccc1)Cc1ccccc1)CNCC(O)C(Cc1ccccc1)NC(=O)OC1COC2OCCC12. The molecule has 3 aromatic rings. The Labute approximate surface area is 268 Å². The number of alkyl carbamates (subject to hydrolysis) is 1. The van der Waals surface area contributed by atoms with Crippen molar-refractivity contribution in [3.63, 3.8) is 0 Å². The molecular formula is C37H49N3O5. The molecule has 45 heavy (non-hydrogen) atoms. The molecule has 8 heteroatoms. The lowest BCUT2D eigenvalue weighted by atomic mass is 9.88. The fourth-order valence-electron chi connectivity index (χ4n) is 6.17. The number of benzene rings is 3. The Bertz CT molecular complexity index is 1250. The van der Waals surface area contributed by atoms with E-state index in [4.69, 9.17) is 14.2 Å². The monoisotopic (exact) mass is 615 g/mol. The molecule has 2 aliphatic heterocycles. The van der Waals surface area contributed by atoms with Gasteiger partial charge < -0.3 is 30.0 Å². The van der Waals surface area contributed by atoms with Crippen molar-refractivity contribution in [3.05, 3.63) is 108 Å². The Morgan fingerprint density at radius 3 is 2.16 bits per heavy atom. The summed E-state index contributed by atoms with van der Waals surface area (Å²) in [5.41, 5.74) is 3.64. The van der Waals surface area contributed by atoms with E-state index in [0.29, 0.717) is 26.2 Å². The first-order chi connectivity index (χ1) is 21.8. The van der Waals surface area contributed by atoms with Crippen molar-refractivity contribution in [2.45, 2.75) is 70.7 Å². The van der Waals surface area contributed by atoms with Crippen molar-refractivity contribution in [1.29, 1.82) is 0 Å². The highest BCUT2D eigenvalue weighted by molar-refractivity contribution is 5.68. The van der Waals surface area contributed by atoms with Gasteiger partial charge in [-0.1, -0.05) is 105 Å². The van der Waals surface area contributed by atoms with Crippen LogP contribution in [0.3, 0.4) is 0 Å². The van der Waals surface area contributed by atoms with Crippen LogP contribution in [0.1, 0.15) is 43.4 Å². The summed E-state index contributed by atoms with van der Waals surface area (Å²) in [6.45, 7) is 9.29. The van der Waals surface area contributed by atoms with Gasteiger partial charge >= 0.3 is 6.09 Å². The standard InChI is InChI=1S/C37H49N3O5/c1-37(2,19-20-40(24-29-14-8-4-9-15-29)25-30-16-10-5-11-17-30)27-38-23-33(41)32(22-28-12-6-3-7-13-28)39-36(42)45-34-26-44-35-31(34)18-21-43-35/h3-17,31-35,38,41H,18-27H2,1-2H3,(H,39,42). The molecule has 0 bridgehead atoms. The Kier molecular flexibility index (Phi) is 12.0. The minimum atomic E-state index is -0.802. The summed E-state index contributed by atoms with van der Waals surface area (Å²) in [5.74, 6) is 0.0634. The van der Waals surface area contributed by atoms with Gasteiger partial charge in [-0.05, 0) is 47.9 Å². The second-order valence-corrected chi connectivity index (χ2v) is 13.2. The third-order valence-electron chi connectivity index (χ3n) is 8.87. The highest BCUT2D eigenvalue weighted by Crippen LogP contribution is 2.33. The summed E-state index contributed by atoms with van der Waals surface area (Å²) in [5, 5.41) is 17.7. The highest BCUT2D eigenvalue weighted by atomic mass is 16.7. The zero-order chi connectivity index (χ0) is 31.5. The number of nitrogens with one attached hydrogen (secondary N) is 2. The van der Waals surface area contributed by atoms with E-state index in [0.717, 1.165) is 44.6 Å². The number of carbonyl (C=O) groups excluding carboxylic acids is 1. The molecule has 5 atom stereocenters. The summed E-state index contributed by atoms with van der Waals surface area (Å²) in [6.07, 6.45) is 0.334. The molecule has 0 saturated carbocycles. The molecule has 2 saturated heterocycles. The minimum Gasteiger partial charge on any atom is -0.443 e. The van der Waals surface area contributed by atoms with Crippen LogP contribution in [0.15, 0.2) is 91.0 Å². The normalized spacial score (nSPS) is 20.9. The number of ether oxygens (including phenoxy) is 3. The zero-order valence-corrected chi connectivity index (χ0v) is 26.6. The molecule has 0 aromatic heterocycles. The maximum absolute atomic E-state index is 13.0. The number of nitrogens with zero attached hydrogens (tertiary/aromatic N) is 1. The Morgan fingerprint density at radius 1 is 0.933 bits per heavy atom. The molecule has 8 nitrogen and oxygen atoms in total. The van der Waals surface area contributed by atoms with Gasteiger partial charge in [-0.25, -0.2) is 4.79 Å². The van der Waals surface area contributed by atoms with E-state index in [1.54, 1.807) is 0 Å². The topological polar surface area (TPSA) is 92.3 Å². The van der Waals surface area contributed by atoms with Gasteiger partial charge in [0.2, 0.25) is 0 Å². The van der Waals surface area contributed by atoms with Crippen LogP contribution in [0.25, 0.3) is 0 Å². The summed E-state index contributed by atoms with van der Waals surface area (Å²) < 4.78 is 16.9. The minimum absolute atomic E-state index is 0.00496. The molecule has 0 aliphatic carbocycles. The van der Waals surface area contributed by atoms with Crippen molar-refractivity contribution in [2.24, 2.45) is 11.3 Å². The molecule has 3 aromatic carbocycles. The maximum atomic E-state index is 13.0. The fourth-order valence-corrected chi connectivity index (χ4v) is 6.17. The number of hydrogen-bond acceptors (Lipinski definition) is 7. The Morgan fingerprint density at radius 2 is 1.53 bits per heavy atom. The largest absolute Gasteiger partial charge is 0.443 e. The highest BCUT2D eigenvalue weighted by Gasteiger charge is 2.44. The number of hydrogen-bond donors (Lipinski definition) is 3. The van der Waals surface area contributed by atoms with Crippen LogP contribution in [-0.2, 0) is 33.7 Å². The van der Waals surface area contributed by atoms with Gasteiger partial charge in [0, 0.05) is 26.2 Å². The third-order valence-corrected chi connectivity index (χ3v) is 8.87. The third kappa shape index (κ3) is 10.4. The van der Waals surface area contributed by atoms with Crippen molar-refractivity contribution in [1.82, 2.24) is 15.5 Å². The fraction of sp³-hybridized carbons (Fsp3) is 0.486. The number of aliphatic hydroxyl groups excluding tert-OH is 1. The second-order valence-electron chi connectivity index (χ2n) is 13.2. The summed E-state index contributed by atoms with van der Waals surface area (Å²) in [6, 6.07) is 30.6. The van der Waals surface area contributed by atoms with Crippen LogP contribution in [0.2, 0.25) is 0 Å². The molecule has 242 valence electrons. The lowest BCUT2D eigenvalue weighted by Crippen LogP contribution is -2.50. The van der Waals surface area contributed by atoms with E-state index >= 15 is 0 Å². The van der Waals surface area contributed by atoms with E-state index in [9.17, 15) is 9.90 Å². The number of rotatable bonds is 16. The van der Waals surface area contributed by atoms with Crippen LogP contribution in [0.4, 0.5) is 4.79 Å². The molecule has 2 fully saturated rings. The Hall–Kier alpha value is -3.27. The maximum Gasteiger partial charge on any atom is 0.407 e. The van der Waals surface area contributed by atoms with E-state index in [1.165, 1.54) is 11.1 Å². The van der Waals surface area contributed by atoms with Crippen molar-refractivity contribution in [2.75, 3.05) is 32.8 Å². The predicted octanol–water partition coefficient (Wildman–Crippen LogP) is 5.15. The van der Waals surface area contributed by atoms with Crippen LogP contribution >= 0.6 is 0 Å². The average molecular weight is 616 g/mol. The molecule has 2 heterocycles. The quantitative estimate of drug-likeness (QED) is 0.205. The molecule has 1 amide bonds. The summed E-state index contributed by atoms with van der Waals surface area (Å²) in [4.78, 5) is 15.5. The van der Waals surface area contributed by atoms with Gasteiger partial charge in [0.1, 0.15) is 6.10 Å². The number of fused-ring (bicyclic) bond motifs is 1. The van der Waals surface area contributed by atoms with Crippen molar-refractivity contribution < 1.29 is 24.1 Å². The molecule has 5 rings (SSSR count). The molecule has 5 unspecified atom stereocenters. The van der Waals surface area contributed by atoms with Crippen LogP contribution in [0, 0.1) is 11.3 Å². The number of aliphatic hydroxyl groups is 1. The van der Waals surface area contributed by atoms with Gasteiger partial charge in [0.05, 0.1) is 31.3 Å². The van der Waals surface area contributed by atoms with Gasteiger partial charge in [0.25, 0.3) is 0 Å². The zero-order valence-electron chi connectivity index (χ0n) is 26.6. The van der Waals surface area contributed by atoms with Gasteiger partial charge in [0.15, 0.2) is 6.29 Å². The van der Waals surface area contributed by atoms with Crippen LogP contribution in [-0.4, -0.2) is 73.5 Å². The average Bonchev–Trinajstić information content (AvgIpc) is 3.66. The Balaban J connectivity index is 1.13. The second kappa shape index (κ2) is 16.3. The summed E-state index contributed by atoms with van der Waals surface area (Å²) >= 11 is 0. The summed E-state index contributed by atoms with van der Waals surface area (Å²) in [7, 11) is 0.